The predicted molar refractivity (Wildman–Crippen MR) is 93.7 cm³/mol. The van der Waals surface area contributed by atoms with Crippen LogP contribution >= 0.6 is 0 Å². The van der Waals surface area contributed by atoms with Crippen molar-refractivity contribution >= 4 is 11.6 Å². The molecule has 0 unspecified atom stereocenters. The molecule has 3 aromatic rings. The maximum absolute atomic E-state index is 13.5. The van der Waals surface area contributed by atoms with Gasteiger partial charge in [-0.05, 0) is 31.9 Å². The van der Waals surface area contributed by atoms with Crippen molar-refractivity contribution in [1.82, 2.24) is 29.3 Å². The zero-order chi connectivity index (χ0) is 20.1. The van der Waals surface area contributed by atoms with Gasteiger partial charge in [-0.1, -0.05) is 0 Å². The molecule has 1 aliphatic rings. The number of fused-ring (bicyclic) bond motifs is 1. The third-order valence-electron chi connectivity index (χ3n) is 4.86. The van der Waals surface area contributed by atoms with Crippen molar-refractivity contribution in [2.24, 2.45) is 0 Å². The van der Waals surface area contributed by atoms with Gasteiger partial charge in [0.2, 0.25) is 0 Å². The maximum Gasteiger partial charge on any atom is 0.433 e. The van der Waals surface area contributed by atoms with Crippen LogP contribution < -0.4 is 0 Å². The van der Waals surface area contributed by atoms with Gasteiger partial charge in [0.05, 0.1) is 18.4 Å². The first kappa shape index (κ1) is 18.5. The highest BCUT2D eigenvalue weighted by Gasteiger charge is 2.38. The molecule has 0 atom stereocenters. The van der Waals surface area contributed by atoms with Gasteiger partial charge in [0.1, 0.15) is 11.3 Å². The fourth-order valence-electron chi connectivity index (χ4n) is 3.22. The molecule has 0 aromatic carbocycles. The van der Waals surface area contributed by atoms with Crippen molar-refractivity contribution in [3.8, 4) is 0 Å². The number of halogens is 3. The number of hydrogen-bond donors (Lipinski definition) is 0. The highest BCUT2D eigenvalue weighted by Crippen LogP contribution is 2.41. The summed E-state index contributed by atoms with van der Waals surface area (Å²) >= 11 is 0. The highest BCUT2D eigenvalue weighted by atomic mass is 19.4. The van der Waals surface area contributed by atoms with Gasteiger partial charge in [0.25, 0.3) is 5.91 Å². The Morgan fingerprint density at radius 2 is 2.07 bits per heavy atom. The van der Waals surface area contributed by atoms with Crippen LogP contribution in [0.25, 0.3) is 5.65 Å². The molecule has 0 spiro atoms. The minimum Gasteiger partial charge on any atom is -0.336 e. The quantitative estimate of drug-likeness (QED) is 0.669. The third kappa shape index (κ3) is 3.23. The topological polar surface area (TPSA) is 68.3 Å². The Bertz CT molecular complexity index is 1030. The van der Waals surface area contributed by atoms with Gasteiger partial charge < -0.3 is 4.90 Å². The van der Waals surface area contributed by atoms with Crippen LogP contribution in [0.15, 0.2) is 24.5 Å². The molecule has 1 aliphatic carbocycles. The number of carbonyl (C=O) groups is 1. The number of aromatic nitrogens is 5. The Labute approximate surface area is 158 Å². The Morgan fingerprint density at radius 3 is 2.71 bits per heavy atom. The van der Waals surface area contributed by atoms with Crippen molar-refractivity contribution in [2.75, 3.05) is 7.05 Å². The molecule has 4 rings (SSSR count). The van der Waals surface area contributed by atoms with Crippen molar-refractivity contribution in [2.45, 2.75) is 44.9 Å². The van der Waals surface area contributed by atoms with Crippen LogP contribution in [-0.4, -0.2) is 42.2 Å². The second kappa shape index (κ2) is 6.61. The Morgan fingerprint density at radius 1 is 1.32 bits per heavy atom. The lowest BCUT2D eigenvalue weighted by molar-refractivity contribution is -0.142. The van der Waals surface area contributed by atoms with E-state index in [1.165, 1.54) is 4.90 Å². The van der Waals surface area contributed by atoms with E-state index in [0.29, 0.717) is 16.8 Å². The van der Waals surface area contributed by atoms with Gasteiger partial charge in [0, 0.05) is 31.4 Å². The minimum atomic E-state index is -4.59. The molecule has 1 fully saturated rings. The first-order valence-corrected chi connectivity index (χ1v) is 9.01. The predicted octanol–water partition coefficient (Wildman–Crippen LogP) is 3.11. The molecule has 1 saturated carbocycles. The van der Waals surface area contributed by atoms with E-state index in [2.05, 4.69) is 15.2 Å². The molecule has 0 radical (unpaired) electrons. The van der Waals surface area contributed by atoms with Gasteiger partial charge in [-0.15, -0.1) is 0 Å². The van der Waals surface area contributed by atoms with Gasteiger partial charge >= 0.3 is 6.18 Å². The second-order valence-corrected chi connectivity index (χ2v) is 6.93. The van der Waals surface area contributed by atoms with Crippen molar-refractivity contribution < 1.29 is 18.0 Å². The van der Waals surface area contributed by atoms with Gasteiger partial charge in [0.15, 0.2) is 5.65 Å². The fourth-order valence-corrected chi connectivity index (χ4v) is 3.22. The lowest BCUT2D eigenvalue weighted by atomic mass is 10.2. The van der Waals surface area contributed by atoms with Crippen molar-refractivity contribution in [3.63, 3.8) is 0 Å². The smallest absolute Gasteiger partial charge is 0.336 e. The number of rotatable bonds is 5. The second-order valence-electron chi connectivity index (χ2n) is 6.93. The molecule has 3 heterocycles. The minimum absolute atomic E-state index is 0.0144. The third-order valence-corrected chi connectivity index (χ3v) is 4.86. The van der Waals surface area contributed by atoms with E-state index < -0.39 is 17.8 Å². The zero-order valence-corrected chi connectivity index (χ0v) is 15.4. The number of alkyl halides is 3. The van der Waals surface area contributed by atoms with Crippen LogP contribution in [0.3, 0.4) is 0 Å². The van der Waals surface area contributed by atoms with E-state index in [1.54, 1.807) is 24.0 Å². The summed E-state index contributed by atoms with van der Waals surface area (Å²) in [4.78, 5) is 18.7. The van der Waals surface area contributed by atoms with E-state index >= 15 is 0 Å². The summed E-state index contributed by atoms with van der Waals surface area (Å²) in [5.74, 6) is -0.423. The number of amides is 1. The zero-order valence-electron chi connectivity index (χ0n) is 15.4. The van der Waals surface area contributed by atoms with Gasteiger partial charge in [-0.25, -0.2) is 9.50 Å². The van der Waals surface area contributed by atoms with Crippen LogP contribution in [0.4, 0.5) is 13.2 Å². The van der Waals surface area contributed by atoms with Crippen LogP contribution in [0.5, 0.6) is 0 Å². The number of nitrogens with zero attached hydrogens (tertiary/aromatic N) is 6. The van der Waals surface area contributed by atoms with Crippen LogP contribution in [0.2, 0.25) is 0 Å². The molecule has 10 heteroatoms. The first-order chi connectivity index (χ1) is 13.3. The van der Waals surface area contributed by atoms with Crippen molar-refractivity contribution in [1.29, 1.82) is 0 Å². The Balaban J connectivity index is 1.72. The molecule has 0 saturated heterocycles. The molecule has 0 N–H and O–H groups in total. The summed E-state index contributed by atoms with van der Waals surface area (Å²) < 4.78 is 42.9. The number of aryl methyl sites for hydroxylation is 1. The maximum atomic E-state index is 13.5. The monoisotopic (exact) mass is 392 g/mol. The summed E-state index contributed by atoms with van der Waals surface area (Å²) in [6, 6.07) is 2.84. The Kier molecular flexibility index (Phi) is 4.35. The van der Waals surface area contributed by atoms with E-state index in [-0.39, 0.29) is 23.7 Å². The van der Waals surface area contributed by atoms with Crippen LogP contribution in [-0.2, 0) is 19.3 Å². The first-order valence-electron chi connectivity index (χ1n) is 9.01. The van der Waals surface area contributed by atoms with Crippen LogP contribution in [0.1, 0.15) is 53.1 Å². The summed E-state index contributed by atoms with van der Waals surface area (Å²) in [5, 5.41) is 7.97. The lowest BCUT2D eigenvalue weighted by Crippen LogP contribution is -2.27. The van der Waals surface area contributed by atoms with E-state index in [1.807, 2.05) is 6.92 Å². The highest BCUT2D eigenvalue weighted by molar-refractivity contribution is 5.99. The molecular formula is C18H19F3N6O. The summed E-state index contributed by atoms with van der Waals surface area (Å²) in [7, 11) is 1.59. The number of carbonyl (C=O) groups excluding carboxylic acids is 1. The fraction of sp³-hybridized carbons (Fsp3) is 0.444. The van der Waals surface area contributed by atoms with E-state index in [0.717, 1.165) is 30.8 Å². The molecule has 1 amide bonds. The molecule has 148 valence electrons. The molecule has 28 heavy (non-hydrogen) atoms. The lowest BCUT2D eigenvalue weighted by Gasteiger charge is -2.17. The van der Waals surface area contributed by atoms with Gasteiger partial charge in [-0.3, -0.25) is 9.48 Å². The average molecular weight is 392 g/mol. The van der Waals surface area contributed by atoms with E-state index in [4.69, 9.17) is 0 Å². The Hall–Kier alpha value is -2.91. The SMILES string of the molecule is CCn1nccc1CN(C)C(=O)c1cnn2c(C(F)(F)F)cc(C3CC3)nc12. The summed E-state index contributed by atoms with van der Waals surface area (Å²) in [6.45, 7) is 2.87. The molecule has 7 nitrogen and oxygen atoms in total. The standard InChI is InChI=1S/C18H19F3N6O/c1-3-26-12(6-7-22-26)10-25(2)17(28)13-9-23-27-15(18(19,20)21)8-14(11-4-5-11)24-16(13)27/h6-9,11H,3-5,10H2,1-2H3. The van der Waals surface area contributed by atoms with Crippen LogP contribution in [0, 0.1) is 0 Å². The molecule has 0 aliphatic heterocycles. The normalized spacial score (nSPS) is 14.6. The molecule has 3 aromatic heterocycles. The van der Waals surface area contributed by atoms with Gasteiger partial charge in [-0.2, -0.15) is 23.4 Å². The molecule has 0 bridgehead atoms. The average Bonchev–Trinajstić information content (AvgIpc) is 3.26. The summed E-state index contributed by atoms with van der Waals surface area (Å²) in [6.07, 6.45) is -0.177. The summed E-state index contributed by atoms with van der Waals surface area (Å²) in [5.41, 5.74) is 0.277. The van der Waals surface area contributed by atoms with Crippen molar-refractivity contribution in [3.05, 3.63) is 47.2 Å². The molecular weight excluding hydrogens is 373 g/mol. The largest absolute Gasteiger partial charge is 0.433 e. The van der Waals surface area contributed by atoms with E-state index in [9.17, 15) is 18.0 Å². The number of hydrogen-bond acceptors (Lipinski definition) is 4.